The molecule has 21 heavy (non-hydrogen) atoms. The minimum Gasteiger partial charge on any atom is -0.389 e. The fraction of sp³-hybridized carbons (Fsp3) is 1.00. The fourth-order valence-corrected chi connectivity index (χ4v) is 2.91. The van der Waals surface area contributed by atoms with E-state index in [0.29, 0.717) is 19.8 Å². The average molecular weight is 302 g/mol. The molecule has 0 aromatic carbocycles. The van der Waals surface area contributed by atoms with E-state index in [2.05, 4.69) is 17.1 Å². The summed E-state index contributed by atoms with van der Waals surface area (Å²) in [4.78, 5) is 2.39. The number of hydrogen-bond donors (Lipinski definition) is 2. The first-order chi connectivity index (χ1) is 10.2. The maximum atomic E-state index is 10.2. The second kappa shape index (κ2) is 11.4. The van der Waals surface area contributed by atoms with Crippen molar-refractivity contribution in [3.05, 3.63) is 0 Å². The summed E-state index contributed by atoms with van der Waals surface area (Å²) in [6, 6.07) is 0. The van der Waals surface area contributed by atoms with E-state index in [1.807, 2.05) is 6.92 Å². The van der Waals surface area contributed by atoms with Crippen LogP contribution in [0, 0.1) is 5.92 Å². The van der Waals surface area contributed by atoms with Gasteiger partial charge in [0.2, 0.25) is 0 Å². The smallest absolute Gasteiger partial charge is 0.0900 e. The molecular weight excluding hydrogens is 268 g/mol. The van der Waals surface area contributed by atoms with E-state index in [1.165, 1.54) is 12.8 Å². The van der Waals surface area contributed by atoms with Gasteiger partial charge in [0.15, 0.2) is 0 Å². The summed E-state index contributed by atoms with van der Waals surface area (Å²) in [5, 5.41) is 13.6. The topological polar surface area (TPSA) is 54.0 Å². The first-order valence-electron chi connectivity index (χ1n) is 8.37. The van der Waals surface area contributed by atoms with Crippen molar-refractivity contribution in [1.29, 1.82) is 0 Å². The molecule has 5 heteroatoms. The normalized spacial score (nSPS) is 19.9. The van der Waals surface area contributed by atoms with Crippen LogP contribution >= 0.6 is 0 Å². The van der Waals surface area contributed by atoms with Crippen molar-refractivity contribution in [2.45, 2.75) is 45.3 Å². The second-order valence-corrected chi connectivity index (χ2v) is 6.21. The molecular formula is C16H34N2O3. The Morgan fingerprint density at radius 2 is 2.00 bits per heavy atom. The molecule has 0 saturated carbocycles. The van der Waals surface area contributed by atoms with Gasteiger partial charge in [-0.2, -0.15) is 0 Å². The zero-order valence-corrected chi connectivity index (χ0v) is 14.0. The number of methoxy groups -OCH3 is 1. The van der Waals surface area contributed by atoms with Gasteiger partial charge in [0.05, 0.1) is 25.4 Å². The molecule has 0 aromatic heterocycles. The molecule has 1 rings (SSSR count). The van der Waals surface area contributed by atoms with Crippen molar-refractivity contribution in [1.82, 2.24) is 10.2 Å². The Balaban J connectivity index is 2.27. The quantitative estimate of drug-likeness (QED) is 0.599. The van der Waals surface area contributed by atoms with Crippen molar-refractivity contribution in [3.63, 3.8) is 0 Å². The van der Waals surface area contributed by atoms with Gasteiger partial charge in [-0.05, 0) is 51.7 Å². The van der Waals surface area contributed by atoms with Gasteiger partial charge >= 0.3 is 0 Å². The summed E-state index contributed by atoms with van der Waals surface area (Å²) < 4.78 is 10.6. The van der Waals surface area contributed by atoms with E-state index in [-0.39, 0.29) is 6.10 Å². The summed E-state index contributed by atoms with van der Waals surface area (Å²) in [6.07, 6.45) is 3.24. The second-order valence-electron chi connectivity index (χ2n) is 6.21. The Morgan fingerprint density at radius 1 is 1.29 bits per heavy atom. The highest BCUT2D eigenvalue weighted by atomic mass is 16.5. The molecule has 0 spiro atoms. The molecule has 1 heterocycles. The van der Waals surface area contributed by atoms with Crippen LogP contribution in [0.25, 0.3) is 0 Å². The van der Waals surface area contributed by atoms with Crippen LogP contribution in [0.2, 0.25) is 0 Å². The number of nitrogens with one attached hydrogen (secondary N) is 1. The molecule has 2 unspecified atom stereocenters. The summed E-state index contributed by atoms with van der Waals surface area (Å²) in [5.41, 5.74) is 0. The maximum absolute atomic E-state index is 10.2. The van der Waals surface area contributed by atoms with Crippen molar-refractivity contribution in [3.8, 4) is 0 Å². The Bertz CT molecular complexity index is 248. The molecule has 0 bridgehead atoms. The fourth-order valence-electron chi connectivity index (χ4n) is 2.91. The summed E-state index contributed by atoms with van der Waals surface area (Å²) >= 11 is 0. The zero-order chi connectivity index (χ0) is 15.5. The number of aliphatic hydroxyl groups is 1. The van der Waals surface area contributed by atoms with E-state index in [1.54, 1.807) is 7.11 Å². The lowest BCUT2D eigenvalue weighted by Gasteiger charge is -2.31. The molecule has 0 aromatic rings. The number of hydrogen-bond acceptors (Lipinski definition) is 5. The van der Waals surface area contributed by atoms with Crippen LogP contribution in [-0.4, -0.2) is 75.3 Å². The highest BCUT2D eigenvalue weighted by Gasteiger charge is 2.19. The Morgan fingerprint density at radius 3 is 2.62 bits per heavy atom. The van der Waals surface area contributed by atoms with Crippen LogP contribution < -0.4 is 5.32 Å². The third-order valence-corrected chi connectivity index (χ3v) is 3.96. The van der Waals surface area contributed by atoms with Gasteiger partial charge in [-0.25, -0.2) is 0 Å². The molecule has 1 aliphatic heterocycles. The standard InChI is InChI=1S/C16H34N2O3/c1-4-9-18(10-15-5-7-17-8-6-15)11-16(19)13-21-14(2)12-20-3/h14-17,19H,4-13H2,1-3H3. The maximum Gasteiger partial charge on any atom is 0.0900 e. The number of ether oxygens (including phenoxy) is 2. The molecule has 126 valence electrons. The van der Waals surface area contributed by atoms with E-state index >= 15 is 0 Å². The Labute approximate surface area is 130 Å². The van der Waals surface area contributed by atoms with Gasteiger partial charge in [-0.3, -0.25) is 0 Å². The molecule has 0 amide bonds. The Hall–Kier alpha value is -0.200. The molecule has 0 radical (unpaired) electrons. The van der Waals surface area contributed by atoms with E-state index in [0.717, 1.165) is 38.5 Å². The molecule has 5 nitrogen and oxygen atoms in total. The first-order valence-corrected chi connectivity index (χ1v) is 8.37. The van der Waals surface area contributed by atoms with Crippen LogP contribution in [0.4, 0.5) is 0 Å². The monoisotopic (exact) mass is 302 g/mol. The van der Waals surface area contributed by atoms with Gasteiger partial charge in [-0.15, -0.1) is 0 Å². The summed E-state index contributed by atoms with van der Waals surface area (Å²) in [5.74, 6) is 0.762. The number of aliphatic hydroxyl groups excluding tert-OH is 1. The minimum atomic E-state index is -0.419. The van der Waals surface area contributed by atoms with E-state index in [9.17, 15) is 5.11 Å². The van der Waals surface area contributed by atoms with Crippen LogP contribution in [0.3, 0.4) is 0 Å². The molecule has 1 aliphatic rings. The van der Waals surface area contributed by atoms with E-state index in [4.69, 9.17) is 9.47 Å². The molecule has 1 fully saturated rings. The number of nitrogens with zero attached hydrogens (tertiary/aromatic N) is 1. The molecule has 1 saturated heterocycles. The van der Waals surface area contributed by atoms with Crippen molar-refractivity contribution in [2.24, 2.45) is 5.92 Å². The largest absolute Gasteiger partial charge is 0.389 e. The number of piperidine rings is 1. The summed E-state index contributed by atoms with van der Waals surface area (Å²) in [6.45, 7) is 10.2. The summed E-state index contributed by atoms with van der Waals surface area (Å²) in [7, 11) is 1.66. The van der Waals surface area contributed by atoms with Gasteiger partial charge < -0.3 is 24.8 Å². The van der Waals surface area contributed by atoms with Crippen molar-refractivity contribution >= 4 is 0 Å². The van der Waals surface area contributed by atoms with Gasteiger partial charge in [0, 0.05) is 20.2 Å². The third-order valence-electron chi connectivity index (χ3n) is 3.96. The first kappa shape index (κ1) is 18.8. The van der Waals surface area contributed by atoms with Crippen LogP contribution in [-0.2, 0) is 9.47 Å². The predicted octanol–water partition coefficient (Wildman–Crippen LogP) is 1.11. The molecule has 2 atom stereocenters. The number of rotatable bonds is 11. The van der Waals surface area contributed by atoms with Gasteiger partial charge in [-0.1, -0.05) is 6.92 Å². The highest BCUT2D eigenvalue weighted by Crippen LogP contribution is 2.14. The van der Waals surface area contributed by atoms with Crippen molar-refractivity contribution in [2.75, 3.05) is 53.0 Å². The van der Waals surface area contributed by atoms with E-state index < -0.39 is 6.10 Å². The molecule has 0 aliphatic carbocycles. The lowest BCUT2D eigenvalue weighted by Crippen LogP contribution is -2.41. The minimum absolute atomic E-state index is 0.0358. The van der Waals surface area contributed by atoms with Crippen LogP contribution in [0.5, 0.6) is 0 Å². The van der Waals surface area contributed by atoms with Gasteiger partial charge in [0.25, 0.3) is 0 Å². The predicted molar refractivity (Wildman–Crippen MR) is 85.6 cm³/mol. The zero-order valence-electron chi connectivity index (χ0n) is 14.0. The average Bonchev–Trinajstić information content (AvgIpc) is 2.47. The van der Waals surface area contributed by atoms with Crippen molar-refractivity contribution < 1.29 is 14.6 Å². The Kier molecular flexibility index (Phi) is 10.2. The third kappa shape index (κ3) is 8.73. The highest BCUT2D eigenvalue weighted by molar-refractivity contribution is 4.74. The van der Waals surface area contributed by atoms with Gasteiger partial charge in [0.1, 0.15) is 0 Å². The van der Waals surface area contributed by atoms with Crippen LogP contribution in [0.15, 0.2) is 0 Å². The molecule has 2 N–H and O–H groups in total. The lowest BCUT2D eigenvalue weighted by molar-refractivity contribution is -0.0408. The van der Waals surface area contributed by atoms with Crippen LogP contribution in [0.1, 0.15) is 33.1 Å². The lowest BCUT2D eigenvalue weighted by atomic mass is 9.97. The SMILES string of the molecule is CCCN(CC(O)COC(C)COC)CC1CCNCC1.